The van der Waals surface area contributed by atoms with E-state index in [2.05, 4.69) is 0 Å². The quantitative estimate of drug-likeness (QED) is 0.539. The molecule has 0 amide bonds. The van der Waals surface area contributed by atoms with E-state index in [4.69, 9.17) is 4.74 Å². The molecule has 2 fully saturated rings. The van der Waals surface area contributed by atoms with E-state index in [9.17, 15) is 15.0 Å². The van der Waals surface area contributed by atoms with Crippen LogP contribution in [-0.4, -0.2) is 58.5 Å². The van der Waals surface area contributed by atoms with Gasteiger partial charge in [0.15, 0.2) is 0 Å². The normalized spacial score (nSPS) is 40.9. The Kier molecular flexibility index (Phi) is 3.75. The summed E-state index contributed by atoms with van der Waals surface area (Å²) in [5.41, 5.74) is 0.586. The molecule has 2 aliphatic rings. The van der Waals surface area contributed by atoms with E-state index in [1.807, 2.05) is 11.9 Å². The average molecular weight is 255 g/mol. The summed E-state index contributed by atoms with van der Waals surface area (Å²) in [5.74, 6) is -0.310. The fraction of sp³-hybridized carbons (Fsp3) is 0.769. The molecule has 2 aliphatic heterocycles. The Morgan fingerprint density at radius 1 is 1.28 bits per heavy atom. The highest BCUT2D eigenvalue weighted by Crippen LogP contribution is 2.36. The van der Waals surface area contributed by atoms with Gasteiger partial charge in [0.2, 0.25) is 0 Å². The minimum absolute atomic E-state index is 0.123. The summed E-state index contributed by atoms with van der Waals surface area (Å²) in [5, 5.41) is 19.8. The van der Waals surface area contributed by atoms with Gasteiger partial charge in [0, 0.05) is 30.5 Å². The van der Waals surface area contributed by atoms with Gasteiger partial charge in [0.05, 0.1) is 12.2 Å². The van der Waals surface area contributed by atoms with Crippen LogP contribution < -0.4 is 0 Å². The van der Waals surface area contributed by atoms with Crippen LogP contribution in [0, 0.1) is 0 Å². The van der Waals surface area contributed by atoms with Gasteiger partial charge in [-0.1, -0.05) is 6.08 Å². The molecule has 0 spiro atoms. The lowest BCUT2D eigenvalue weighted by Crippen LogP contribution is -2.46. The van der Waals surface area contributed by atoms with Crippen molar-refractivity contribution in [2.45, 2.75) is 57.1 Å². The monoisotopic (exact) mass is 255 g/mol. The number of ether oxygens (including phenoxy) is 1. The van der Waals surface area contributed by atoms with Crippen LogP contribution in [0.5, 0.6) is 0 Å². The summed E-state index contributed by atoms with van der Waals surface area (Å²) < 4.78 is 5.41. The van der Waals surface area contributed by atoms with Crippen molar-refractivity contribution in [2.24, 2.45) is 0 Å². The maximum atomic E-state index is 11.7. The smallest absolute Gasteiger partial charge is 0.333 e. The van der Waals surface area contributed by atoms with Gasteiger partial charge in [-0.15, -0.1) is 0 Å². The van der Waals surface area contributed by atoms with Gasteiger partial charge in [-0.05, 0) is 20.9 Å². The minimum atomic E-state index is -0.744. The molecule has 2 rings (SSSR count). The van der Waals surface area contributed by atoms with Crippen LogP contribution in [0.25, 0.3) is 0 Å². The first kappa shape index (κ1) is 13.5. The van der Waals surface area contributed by atoms with Gasteiger partial charge < -0.3 is 14.9 Å². The van der Waals surface area contributed by atoms with Crippen LogP contribution >= 0.6 is 0 Å². The van der Waals surface area contributed by atoms with Crippen LogP contribution in [0.3, 0.4) is 0 Å². The summed E-state index contributed by atoms with van der Waals surface area (Å²) >= 11 is 0. The molecule has 0 saturated carbocycles. The largest absolute Gasteiger partial charge is 0.459 e. The molecule has 0 aromatic rings. The molecule has 5 heteroatoms. The molecule has 2 N–H and O–H groups in total. The van der Waals surface area contributed by atoms with Crippen molar-refractivity contribution in [1.82, 2.24) is 4.90 Å². The van der Waals surface area contributed by atoms with Crippen molar-refractivity contribution in [3.05, 3.63) is 11.6 Å². The second-order valence-electron chi connectivity index (χ2n) is 5.25. The number of likely N-dealkylation sites (N-methyl/N-ethyl adjacent to an activating group) is 1. The number of hydrogen-bond acceptors (Lipinski definition) is 5. The molecule has 0 aromatic heterocycles. The third kappa shape index (κ3) is 2.18. The summed E-state index contributed by atoms with van der Waals surface area (Å²) in [4.78, 5) is 13.7. The fourth-order valence-corrected chi connectivity index (χ4v) is 2.89. The summed E-state index contributed by atoms with van der Waals surface area (Å²) in [7, 11) is 1.89. The highest BCUT2D eigenvalue weighted by molar-refractivity contribution is 5.87. The van der Waals surface area contributed by atoms with E-state index in [0.29, 0.717) is 18.4 Å². The Morgan fingerprint density at radius 3 is 2.22 bits per heavy atom. The maximum absolute atomic E-state index is 11.7. The molecular formula is C13H21NO4. The first-order chi connectivity index (χ1) is 8.45. The van der Waals surface area contributed by atoms with E-state index in [0.717, 1.165) is 0 Å². The van der Waals surface area contributed by atoms with E-state index >= 15 is 0 Å². The molecule has 2 saturated heterocycles. The number of fused-ring (bicyclic) bond motifs is 2. The van der Waals surface area contributed by atoms with Gasteiger partial charge in [-0.25, -0.2) is 4.79 Å². The number of allylic oxidation sites excluding steroid dienone is 1. The van der Waals surface area contributed by atoms with Crippen LogP contribution in [0.15, 0.2) is 11.6 Å². The molecule has 2 bridgehead atoms. The summed E-state index contributed by atoms with van der Waals surface area (Å²) in [6, 6.07) is -0.245. The molecule has 2 heterocycles. The molecule has 5 atom stereocenters. The second kappa shape index (κ2) is 4.99. The zero-order chi connectivity index (χ0) is 13.4. The Labute approximate surface area is 107 Å². The van der Waals surface area contributed by atoms with E-state index in [-0.39, 0.29) is 24.2 Å². The number of hydrogen-bond donors (Lipinski definition) is 2. The predicted molar refractivity (Wildman–Crippen MR) is 65.9 cm³/mol. The zero-order valence-electron chi connectivity index (χ0n) is 11.0. The van der Waals surface area contributed by atoms with Gasteiger partial charge >= 0.3 is 5.97 Å². The molecule has 0 aromatic carbocycles. The van der Waals surface area contributed by atoms with Gasteiger partial charge in [0.1, 0.15) is 6.10 Å². The van der Waals surface area contributed by atoms with Crippen LogP contribution in [-0.2, 0) is 9.53 Å². The first-order valence-electron chi connectivity index (χ1n) is 6.37. The number of aliphatic hydroxyl groups is 2. The molecule has 0 radical (unpaired) electrons. The molecule has 3 unspecified atom stereocenters. The average Bonchev–Trinajstić information content (AvgIpc) is 2.50. The lowest BCUT2D eigenvalue weighted by Gasteiger charge is -2.35. The number of piperidine rings is 1. The highest BCUT2D eigenvalue weighted by Gasteiger charge is 2.51. The molecule has 0 aliphatic carbocycles. The third-order valence-electron chi connectivity index (χ3n) is 4.22. The molecule has 18 heavy (non-hydrogen) atoms. The van der Waals surface area contributed by atoms with Crippen molar-refractivity contribution in [3.8, 4) is 0 Å². The van der Waals surface area contributed by atoms with Gasteiger partial charge in [-0.3, -0.25) is 4.90 Å². The Bertz CT molecular complexity index is 342. The summed E-state index contributed by atoms with van der Waals surface area (Å²) in [6.45, 7) is 3.51. The first-order valence-corrected chi connectivity index (χ1v) is 6.37. The van der Waals surface area contributed by atoms with Crippen molar-refractivity contribution in [2.75, 3.05) is 7.05 Å². The van der Waals surface area contributed by atoms with Crippen molar-refractivity contribution in [1.29, 1.82) is 0 Å². The van der Waals surface area contributed by atoms with E-state index < -0.39 is 12.2 Å². The van der Waals surface area contributed by atoms with Gasteiger partial charge in [0.25, 0.3) is 0 Å². The number of nitrogens with zero attached hydrogens (tertiary/aromatic N) is 1. The van der Waals surface area contributed by atoms with Crippen molar-refractivity contribution in [3.63, 3.8) is 0 Å². The standard InChI is InChI=1S/C13H21NO4/c1-4-7(2)13(17)18-8-5-9-11(15)12(16)10(6-8)14(9)3/h4,8-12,15-16H,5-6H2,1-3H3/b7-4+/t8?,9?,10?,11-,12+. The van der Waals surface area contributed by atoms with Crippen LogP contribution in [0.4, 0.5) is 0 Å². The second-order valence-corrected chi connectivity index (χ2v) is 5.25. The fourth-order valence-electron chi connectivity index (χ4n) is 2.89. The molecular weight excluding hydrogens is 234 g/mol. The van der Waals surface area contributed by atoms with Crippen LogP contribution in [0.2, 0.25) is 0 Å². The SMILES string of the molecule is C/C=C(\C)C(=O)OC1CC2[C@@H](O)[C@@H](O)C(C1)N2C. The zero-order valence-corrected chi connectivity index (χ0v) is 11.0. The maximum Gasteiger partial charge on any atom is 0.333 e. The van der Waals surface area contributed by atoms with E-state index in [1.54, 1.807) is 19.9 Å². The Hall–Kier alpha value is -0.910. The van der Waals surface area contributed by atoms with Gasteiger partial charge in [-0.2, -0.15) is 0 Å². The minimum Gasteiger partial charge on any atom is -0.459 e. The number of esters is 1. The topological polar surface area (TPSA) is 70.0 Å². The van der Waals surface area contributed by atoms with Crippen molar-refractivity contribution >= 4 is 5.97 Å². The van der Waals surface area contributed by atoms with Crippen LogP contribution in [0.1, 0.15) is 26.7 Å². The number of rotatable bonds is 2. The molecule has 5 nitrogen and oxygen atoms in total. The number of aliphatic hydroxyl groups excluding tert-OH is 2. The third-order valence-corrected chi connectivity index (χ3v) is 4.22. The lowest BCUT2D eigenvalue weighted by atomic mass is 10.00. The predicted octanol–water partition coefficient (Wildman–Crippen LogP) is 0.0626. The molecule has 102 valence electrons. The number of carbonyl (C=O) groups is 1. The summed E-state index contributed by atoms with van der Waals surface area (Å²) in [6.07, 6.45) is 1.17. The lowest BCUT2D eigenvalue weighted by molar-refractivity contribution is -0.148. The number of carbonyl (C=O) groups excluding carboxylic acids is 1. The highest BCUT2D eigenvalue weighted by atomic mass is 16.5. The van der Waals surface area contributed by atoms with Crippen molar-refractivity contribution < 1.29 is 19.7 Å². The van der Waals surface area contributed by atoms with E-state index in [1.165, 1.54) is 0 Å². The Balaban J connectivity index is 2.02. The Morgan fingerprint density at radius 2 is 1.78 bits per heavy atom.